The van der Waals surface area contributed by atoms with Crippen LogP contribution in [0.15, 0.2) is 84.7 Å². The van der Waals surface area contributed by atoms with E-state index in [0.29, 0.717) is 0 Å². The normalized spacial score (nSPS) is 16.2. The van der Waals surface area contributed by atoms with Crippen LogP contribution >= 0.6 is 6.89 Å². The highest BCUT2D eigenvalue weighted by atomic mass is 31.2. The van der Waals surface area contributed by atoms with E-state index in [2.05, 4.69) is 90.5 Å². The Labute approximate surface area is 108 Å². The second-order valence-corrected chi connectivity index (χ2v) is 7.51. The maximum atomic E-state index is 2.37. The molecule has 0 aromatic heterocycles. The van der Waals surface area contributed by atoms with Gasteiger partial charge in [0.25, 0.3) is 0 Å². The van der Waals surface area contributed by atoms with Crippen LogP contribution in [0.3, 0.4) is 0 Å². The van der Waals surface area contributed by atoms with Crippen molar-refractivity contribution in [3.05, 3.63) is 84.7 Å². The summed E-state index contributed by atoms with van der Waals surface area (Å²) in [6.45, 7) is -1.49. The number of hydrogen-bond acceptors (Lipinski definition) is 0. The summed E-state index contributed by atoms with van der Waals surface area (Å²) in [6, 6.07) is 21.6. The maximum absolute atomic E-state index is 2.37. The SMILES string of the molecule is C1=CC=P(c2ccccc2)(c2ccccc2)C=C1. The van der Waals surface area contributed by atoms with Crippen LogP contribution < -0.4 is 10.6 Å². The Morgan fingerprint density at radius 2 is 1.11 bits per heavy atom. The quantitative estimate of drug-likeness (QED) is 0.715. The van der Waals surface area contributed by atoms with E-state index in [4.69, 9.17) is 0 Å². The Kier molecular flexibility index (Phi) is 3.04. The van der Waals surface area contributed by atoms with Gasteiger partial charge < -0.3 is 0 Å². The Balaban J connectivity index is 2.28. The first-order chi connectivity index (χ1) is 8.92. The van der Waals surface area contributed by atoms with Crippen LogP contribution in [0.5, 0.6) is 0 Å². The van der Waals surface area contributed by atoms with E-state index < -0.39 is 6.89 Å². The lowest BCUT2D eigenvalue weighted by Crippen LogP contribution is -2.16. The van der Waals surface area contributed by atoms with E-state index in [1.165, 1.54) is 10.6 Å². The monoisotopic (exact) mass is 250 g/mol. The molecule has 1 heterocycles. The van der Waals surface area contributed by atoms with Crippen molar-refractivity contribution >= 4 is 23.3 Å². The lowest BCUT2D eigenvalue weighted by Gasteiger charge is -2.24. The van der Waals surface area contributed by atoms with Gasteiger partial charge in [0.15, 0.2) is 0 Å². The Hall–Kier alpha value is -1.78. The molecular weight excluding hydrogens is 235 g/mol. The summed E-state index contributed by atoms with van der Waals surface area (Å²) in [7, 11) is 0. The molecule has 0 amide bonds. The molecule has 0 N–H and O–H groups in total. The lowest BCUT2D eigenvalue weighted by molar-refractivity contribution is 1.75. The fourth-order valence-corrected chi connectivity index (χ4v) is 5.49. The molecule has 2 aromatic rings. The van der Waals surface area contributed by atoms with Crippen molar-refractivity contribution in [3.63, 3.8) is 0 Å². The first-order valence-corrected chi connectivity index (χ1v) is 8.05. The molecular formula is C17H15P. The molecule has 0 saturated carbocycles. The summed E-state index contributed by atoms with van der Waals surface area (Å²) >= 11 is 0. The molecule has 1 heteroatoms. The molecule has 0 fully saturated rings. The lowest BCUT2D eigenvalue weighted by atomic mass is 10.4. The van der Waals surface area contributed by atoms with Crippen molar-refractivity contribution in [3.8, 4) is 0 Å². The highest BCUT2D eigenvalue weighted by Gasteiger charge is 2.18. The largest absolute Gasteiger partial charge is 0.0622 e. The van der Waals surface area contributed by atoms with Crippen molar-refractivity contribution in [2.24, 2.45) is 0 Å². The van der Waals surface area contributed by atoms with Crippen LogP contribution in [0, 0.1) is 0 Å². The molecule has 0 atom stereocenters. The minimum atomic E-state index is -1.49. The molecule has 0 radical (unpaired) electrons. The van der Waals surface area contributed by atoms with E-state index in [1.807, 2.05) is 0 Å². The second kappa shape index (κ2) is 4.84. The zero-order valence-corrected chi connectivity index (χ0v) is 11.0. The molecule has 88 valence electrons. The summed E-state index contributed by atoms with van der Waals surface area (Å²) in [5.41, 5.74) is 0. The topological polar surface area (TPSA) is 0 Å². The van der Waals surface area contributed by atoms with Gasteiger partial charge in [0, 0.05) is 0 Å². The summed E-state index contributed by atoms with van der Waals surface area (Å²) in [4.78, 5) is 0. The minimum absolute atomic E-state index is 1.41. The number of rotatable bonds is 2. The molecule has 0 aliphatic carbocycles. The van der Waals surface area contributed by atoms with Crippen molar-refractivity contribution in [2.75, 3.05) is 0 Å². The smallest absolute Gasteiger partial charge is 0.0166 e. The van der Waals surface area contributed by atoms with Crippen LogP contribution in [-0.2, 0) is 0 Å². The first kappa shape index (κ1) is 11.3. The second-order valence-electron chi connectivity index (χ2n) is 4.32. The highest BCUT2D eigenvalue weighted by molar-refractivity contribution is 7.91. The zero-order valence-electron chi connectivity index (χ0n) is 10.1. The Morgan fingerprint density at radius 1 is 0.556 bits per heavy atom. The number of allylic oxidation sites excluding steroid dienone is 3. The van der Waals surface area contributed by atoms with Gasteiger partial charge in [0.05, 0.1) is 0 Å². The third-order valence-electron chi connectivity index (χ3n) is 3.23. The van der Waals surface area contributed by atoms with Gasteiger partial charge in [-0.15, -0.1) is 0 Å². The average molecular weight is 250 g/mol. The van der Waals surface area contributed by atoms with Gasteiger partial charge in [-0.2, -0.15) is 0 Å². The predicted molar refractivity (Wildman–Crippen MR) is 83.4 cm³/mol. The average Bonchev–Trinajstić information content (AvgIpc) is 2.50. The van der Waals surface area contributed by atoms with Gasteiger partial charge in [0.2, 0.25) is 0 Å². The van der Waals surface area contributed by atoms with E-state index in [-0.39, 0.29) is 0 Å². The zero-order chi connectivity index (χ0) is 12.3. The highest BCUT2D eigenvalue weighted by Crippen LogP contribution is 2.47. The third-order valence-corrected chi connectivity index (χ3v) is 6.82. The van der Waals surface area contributed by atoms with Crippen LogP contribution in [0.4, 0.5) is 0 Å². The van der Waals surface area contributed by atoms with E-state index in [9.17, 15) is 0 Å². The molecule has 0 nitrogen and oxygen atoms in total. The van der Waals surface area contributed by atoms with Crippen LogP contribution in [0.2, 0.25) is 0 Å². The third kappa shape index (κ3) is 1.89. The summed E-state index contributed by atoms with van der Waals surface area (Å²) < 4.78 is 0. The number of hydrogen-bond donors (Lipinski definition) is 0. The van der Waals surface area contributed by atoms with E-state index >= 15 is 0 Å². The molecule has 18 heavy (non-hydrogen) atoms. The van der Waals surface area contributed by atoms with Gasteiger partial charge in [-0.05, 0) is 17.5 Å². The molecule has 3 rings (SSSR count). The molecule has 1 aliphatic rings. The number of benzene rings is 2. The van der Waals surface area contributed by atoms with E-state index in [0.717, 1.165) is 0 Å². The maximum Gasteiger partial charge on any atom is -0.0166 e. The van der Waals surface area contributed by atoms with Gasteiger partial charge >= 0.3 is 0 Å². The standard InChI is InChI=1S/C17H15P/c1-4-10-16(11-5-1)18(14-8-3-9-15-18)17-12-6-2-7-13-17/h1-15H. The minimum Gasteiger partial charge on any atom is -0.0622 e. The predicted octanol–water partition coefficient (Wildman–Crippen LogP) is 3.54. The van der Waals surface area contributed by atoms with Crippen molar-refractivity contribution in [2.45, 2.75) is 0 Å². The van der Waals surface area contributed by atoms with Gasteiger partial charge in [0.1, 0.15) is 0 Å². The van der Waals surface area contributed by atoms with Crippen LogP contribution in [0.1, 0.15) is 0 Å². The van der Waals surface area contributed by atoms with Crippen LogP contribution in [-0.4, -0.2) is 5.80 Å². The van der Waals surface area contributed by atoms with E-state index in [1.54, 1.807) is 0 Å². The molecule has 1 aliphatic heterocycles. The van der Waals surface area contributed by atoms with Gasteiger partial charge in [-0.1, -0.05) is 90.5 Å². The molecule has 2 aromatic carbocycles. The fourth-order valence-electron chi connectivity index (χ4n) is 2.33. The molecule has 0 bridgehead atoms. The summed E-state index contributed by atoms with van der Waals surface area (Å²) in [5.74, 6) is 4.75. The Bertz CT molecular complexity index is 590. The van der Waals surface area contributed by atoms with Gasteiger partial charge in [-0.3, -0.25) is 0 Å². The summed E-state index contributed by atoms with van der Waals surface area (Å²) in [5, 5.41) is 2.83. The summed E-state index contributed by atoms with van der Waals surface area (Å²) in [6.07, 6.45) is 6.45. The molecule has 0 unspecified atom stereocenters. The van der Waals surface area contributed by atoms with Crippen molar-refractivity contribution < 1.29 is 0 Å². The first-order valence-electron chi connectivity index (χ1n) is 6.12. The molecule has 0 saturated heterocycles. The van der Waals surface area contributed by atoms with Gasteiger partial charge in [-0.25, -0.2) is 0 Å². The Morgan fingerprint density at radius 3 is 1.56 bits per heavy atom. The van der Waals surface area contributed by atoms with Crippen molar-refractivity contribution in [1.29, 1.82) is 0 Å². The molecule has 0 spiro atoms. The van der Waals surface area contributed by atoms with Crippen LogP contribution in [0.25, 0.3) is 0 Å². The fraction of sp³-hybridized carbons (Fsp3) is 0. The van der Waals surface area contributed by atoms with Crippen molar-refractivity contribution in [1.82, 2.24) is 0 Å².